The van der Waals surface area contributed by atoms with E-state index in [1.807, 2.05) is 59.1 Å². The minimum Gasteiger partial charge on any atom is -0.497 e. The molecule has 146 valence electrons. The predicted molar refractivity (Wildman–Crippen MR) is 114 cm³/mol. The largest absolute Gasteiger partial charge is 0.497 e. The molecule has 0 aliphatic carbocycles. The van der Waals surface area contributed by atoms with Crippen LogP contribution in [0, 0.1) is 0 Å². The maximum absolute atomic E-state index is 12.8. The van der Waals surface area contributed by atoms with Crippen LogP contribution in [-0.2, 0) is 0 Å². The molecule has 1 aliphatic heterocycles. The van der Waals surface area contributed by atoms with E-state index in [9.17, 15) is 4.79 Å². The van der Waals surface area contributed by atoms with Crippen LogP contribution < -0.4 is 4.74 Å². The summed E-state index contributed by atoms with van der Waals surface area (Å²) in [7, 11) is 1.69. The van der Waals surface area contributed by atoms with E-state index in [0.717, 1.165) is 55.1 Å². The van der Waals surface area contributed by atoms with Crippen LogP contribution in [0.1, 0.15) is 10.5 Å². The van der Waals surface area contributed by atoms with E-state index in [2.05, 4.69) is 22.0 Å². The normalized spacial score (nSPS) is 15.1. The summed E-state index contributed by atoms with van der Waals surface area (Å²) in [6.45, 7) is 4.44. The molecule has 0 atom stereocenters. The van der Waals surface area contributed by atoms with Crippen molar-refractivity contribution < 1.29 is 9.53 Å². The number of piperazine rings is 1. The summed E-state index contributed by atoms with van der Waals surface area (Å²) in [5.41, 5.74) is 1.70. The fourth-order valence-corrected chi connectivity index (χ4v) is 4.41. The molecule has 0 radical (unpaired) electrons. The molecule has 0 bridgehead atoms. The lowest BCUT2D eigenvalue weighted by molar-refractivity contribution is 0.0640. The summed E-state index contributed by atoms with van der Waals surface area (Å²) in [4.78, 5) is 21.7. The number of nitrogens with zero attached hydrogens (tertiary/aromatic N) is 2. The number of benzene rings is 2. The van der Waals surface area contributed by atoms with Crippen LogP contribution in [0.15, 0.2) is 59.5 Å². The van der Waals surface area contributed by atoms with E-state index >= 15 is 0 Å². The zero-order valence-corrected chi connectivity index (χ0v) is 16.9. The third kappa shape index (κ3) is 4.34. The molecule has 2 heterocycles. The van der Waals surface area contributed by atoms with Gasteiger partial charge >= 0.3 is 0 Å². The first-order valence-electron chi connectivity index (χ1n) is 9.59. The number of para-hydroxylation sites is 1. The average molecular weight is 396 g/mol. The fraction of sp³-hybridized carbons (Fsp3) is 0.318. The first-order valence-corrected chi connectivity index (χ1v) is 10.6. The number of nitrogens with one attached hydrogen (secondary N) is 1. The number of rotatable bonds is 6. The summed E-state index contributed by atoms with van der Waals surface area (Å²) < 4.78 is 5.20. The van der Waals surface area contributed by atoms with Crippen LogP contribution in [0.3, 0.4) is 0 Å². The molecule has 1 aromatic heterocycles. The van der Waals surface area contributed by atoms with Crippen molar-refractivity contribution >= 4 is 28.6 Å². The SMILES string of the molecule is COc1ccc(SCCN2CCN(C(=O)c3cc4ccccc4[nH]3)CC2)cc1. The number of carbonyl (C=O) groups excluding carboxylic acids is 1. The van der Waals surface area contributed by atoms with Crippen molar-refractivity contribution in [3.05, 3.63) is 60.3 Å². The van der Waals surface area contributed by atoms with Gasteiger partial charge in [0.2, 0.25) is 0 Å². The minimum absolute atomic E-state index is 0.100. The van der Waals surface area contributed by atoms with Crippen LogP contribution in [0.2, 0.25) is 0 Å². The van der Waals surface area contributed by atoms with Crippen molar-refractivity contribution in [1.29, 1.82) is 0 Å². The fourth-order valence-electron chi connectivity index (χ4n) is 3.50. The molecule has 5 nitrogen and oxygen atoms in total. The molecular weight excluding hydrogens is 370 g/mol. The number of hydrogen-bond acceptors (Lipinski definition) is 4. The predicted octanol–water partition coefficient (Wildman–Crippen LogP) is 3.73. The van der Waals surface area contributed by atoms with Gasteiger partial charge in [0.25, 0.3) is 5.91 Å². The van der Waals surface area contributed by atoms with E-state index in [4.69, 9.17) is 4.74 Å². The van der Waals surface area contributed by atoms with Crippen LogP contribution in [-0.4, -0.2) is 66.3 Å². The number of fused-ring (bicyclic) bond motifs is 1. The number of amides is 1. The second-order valence-electron chi connectivity index (χ2n) is 6.93. The Morgan fingerprint density at radius 1 is 1.07 bits per heavy atom. The number of methoxy groups -OCH3 is 1. The van der Waals surface area contributed by atoms with Gasteiger partial charge in [-0.25, -0.2) is 0 Å². The molecule has 1 N–H and O–H groups in total. The number of H-pyrrole nitrogens is 1. The Morgan fingerprint density at radius 2 is 1.82 bits per heavy atom. The molecule has 6 heteroatoms. The topological polar surface area (TPSA) is 48.6 Å². The Hall–Kier alpha value is -2.44. The summed E-state index contributed by atoms with van der Waals surface area (Å²) in [5, 5.41) is 1.08. The van der Waals surface area contributed by atoms with Gasteiger partial charge in [-0.05, 0) is 36.4 Å². The highest BCUT2D eigenvalue weighted by Crippen LogP contribution is 2.22. The van der Waals surface area contributed by atoms with Crippen LogP contribution in [0.25, 0.3) is 10.9 Å². The molecule has 1 aliphatic rings. The van der Waals surface area contributed by atoms with Crippen molar-refractivity contribution in [2.45, 2.75) is 4.90 Å². The second-order valence-corrected chi connectivity index (χ2v) is 8.10. The van der Waals surface area contributed by atoms with Gasteiger partial charge in [-0.3, -0.25) is 9.69 Å². The van der Waals surface area contributed by atoms with E-state index in [-0.39, 0.29) is 5.91 Å². The Balaban J connectivity index is 1.24. The molecule has 28 heavy (non-hydrogen) atoms. The van der Waals surface area contributed by atoms with E-state index in [1.54, 1.807) is 7.11 Å². The first-order chi connectivity index (χ1) is 13.7. The molecule has 0 spiro atoms. The minimum atomic E-state index is 0.100. The van der Waals surface area contributed by atoms with E-state index in [0.29, 0.717) is 5.69 Å². The van der Waals surface area contributed by atoms with Crippen molar-refractivity contribution in [1.82, 2.24) is 14.8 Å². The first kappa shape index (κ1) is 18.9. The van der Waals surface area contributed by atoms with Crippen molar-refractivity contribution in [3.63, 3.8) is 0 Å². The Bertz CT molecular complexity index is 897. The zero-order chi connectivity index (χ0) is 19.3. The summed E-state index contributed by atoms with van der Waals surface area (Å²) >= 11 is 1.86. The Kier molecular flexibility index (Phi) is 5.88. The van der Waals surface area contributed by atoms with Crippen molar-refractivity contribution in [3.8, 4) is 5.75 Å². The molecule has 1 saturated heterocycles. The Labute approximate surface area is 169 Å². The van der Waals surface area contributed by atoms with E-state index < -0.39 is 0 Å². The van der Waals surface area contributed by atoms with Crippen LogP contribution >= 0.6 is 11.8 Å². The highest BCUT2D eigenvalue weighted by molar-refractivity contribution is 7.99. The molecule has 1 amide bonds. The van der Waals surface area contributed by atoms with Gasteiger partial charge < -0.3 is 14.6 Å². The molecule has 4 rings (SSSR count). The van der Waals surface area contributed by atoms with Gasteiger partial charge in [-0.1, -0.05) is 18.2 Å². The smallest absolute Gasteiger partial charge is 0.270 e. The molecule has 3 aromatic rings. The number of thioether (sulfide) groups is 1. The maximum Gasteiger partial charge on any atom is 0.270 e. The third-order valence-corrected chi connectivity index (χ3v) is 6.15. The summed E-state index contributed by atoms with van der Waals surface area (Å²) in [5.74, 6) is 2.03. The van der Waals surface area contributed by atoms with Gasteiger partial charge in [-0.2, -0.15) is 0 Å². The third-order valence-electron chi connectivity index (χ3n) is 5.16. The van der Waals surface area contributed by atoms with Crippen LogP contribution in [0.4, 0.5) is 0 Å². The summed E-state index contributed by atoms with van der Waals surface area (Å²) in [6.07, 6.45) is 0. The lowest BCUT2D eigenvalue weighted by Crippen LogP contribution is -2.49. The second kappa shape index (κ2) is 8.71. The van der Waals surface area contributed by atoms with Crippen LogP contribution in [0.5, 0.6) is 5.75 Å². The lowest BCUT2D eigenvalue weighted by Gasteiger charge is -2.34. The molecule has 0 saturated carbocycles. The highest BCUT2D eigenvalue weighted by atomic mass is 32.2. The monoisotopic (exact) mass is 395 g/mol. The number of aromatic amines is 1. The van der Waals surface area contributed by atoms with Gasteiger partial charge in [0.1, 0.15) is 11.4 Å². The van der Waals surface area contributed by atoms with Gasteiger partial charge in [0.15, 0.2) is 0 Å². The molecular formula is C22H25N3O2S. The van der Waals surface area contributed by atoms with Gasteiger partial charge in [0, 0.05) is 54.3 Å². The average Bonchev–Trinajstić information content (AvgIpc) is 3.18. The number of hydrogen-bond donors (Lipinski definition) is 1. The van der Waals surface area contributed by atoms with Gasteiger partial charge in [-0.15, -0.1) is 11.8 Å². The maximum atomic E-state index is 12.8. The van der Waals surface area contributed by atoms with E-state index in [1.165, 1.54) is 4.90 Å². The number of aromatic nitrogens is 1. The Morgan fingerprint density at radius 3 is 2.54 bits per heavy atom. The molecule has 0 unspecified atom stereocenters. The van der Waals surface area contributed by atoms with Gasteiger partial charge in [0.05, 0.1) is 7.11 Å². The molecule has 1 fully saturated rings. The quantitative estimate of drug-likeness (QED) is 0.646. The summed E-state index contributed by atoms with van der Waals surface area (Å²) in [6, 6.07) is 18.2. The number of carbonyl (C=O) groups is 1. The molecule has 2 aromatic carbocycles. The highest BCUT2D eigenvalue weighted by Gasteiger charge is 2.23. The van der Waals surface area contributed by atoms with Crippen molar-refractivity contribution in [2.24, 2.45) is 0 Å². The zero-order valence-electron chi connectivity index (χ0n) is 16.1. The van der Waals surface area contributed by atoms with Crippen molar-refractivity contribution in [2.75, 3.05) is 45.6 Å². The standard InChI is InChI=1S/C22H25N3O2S/c1-27-18-6-8-19(9-7-18)28-15-14-24-10-12-25(13-11-24)22(26)21-16-17-4-2-3-5-20(17)23-21/h2-9,16,23H,10-15H2,1H3. The number of ether oxygens (including phenoxy) is 1. The lowest BCUT2D eigenvalue weighted by atomic mass is 10.2.